The molecule has 0 fully saturated rings. The number of hydrogen-bond acceptors (Lipinski definition) is 4. The van der Waals surface area contributed by atoms with E-state index in [0.717, 1.165) is 11.8 Å². The number of aliphatic carboxylic acids is 1. The molecule has 0 saturated heterocycles. The van der Waals surface area contributed by atoms with E-state index in [1.807, 2.05) is 13.0 Å². The number of aryl methyl sites for hydroxylation is 1. The Morgan fingerprint density at radius 3 is 2.81 bits per heavy atom. The number of carbonyl (C=O) groups is 2. The first kappa shape index (κ1) is 14.4. The predicted molar refractivity (Wildman–Crippen MR) is 77.8 cm³/mol. The van der Waals surface area contributed by atoms with Gasteiger partial charge in [0.2, 0.25) is 0 Å². The highest BCUT2D eigenvalue weighted by atomic mass is 16.4. The van der Waals surface area contributed by atoms with E-state index in [9.17, 15) is 9.59 Å². The van der Waals surface area contributed by atoms with Crippen LogP contribution < -0.4 is 5.32 Å². The molecule has 6 heteroatoms. The summed E-state index contributed by atoms with van der Waals surface area (Å²) in [6.45, 7) is 1.82. The quantitative estimate of drug-likeness (QED) is 0.839. The summed E-state index contributed by atoms with van der Waals surface area (Å²) in [5.41, 5.74) is 1.53. The molecule has 2 heterocycles. The van der Waals surface area contributed by atoms with Crippen LogP contribution in [0.25, 0.3) is 6.08 Å². The average molecular weight is 283 g/mol. The topological polar surface area (TPSA) is 92.2 Å². The van der Waals surface area contributed by atoms with Crippen LogP contribution in [0, 0.1) is 6.92 Å². The summed E-state index contributed by atoms with van der Waals surface area (Å²) in [5, 5.41) is 11.3. The molecule has 0 bridgehead atoms. The fraction of sp³-hybridized carbons (Fsp3) is 0.0667. The van der Waals surface area contributed by atoms with Crippen molar-refractivity contribution in [3.8, 4) is 0 Å². The van der Waals surface area contributed by atoms with Gasteiger partial charge in [-0.1, -0.05) is 6.07 Å². The summed E-state index contributed by atoms with van der Waals surface area (Å²) in [6, 6.07) is 6.81. The molecule has 0 aliphatic rings. The Labute approximate surface area is 121 Å². The zero-order chi connectivity index (χ0) is 15.2. The van der Waals surface area contributed by atoms with Crippen molar-refractivity contribution in [2.45, 2.75) is 6.92 Å². The SMILES string of the molecule is Cc1cccc(NC(=O)c2ccncc2C=CC(=O)O)n1. The molecule has 21 heavy (non-hydrogen) atoms. The lowest BCUT2D eigenvalue weighted by molar-refractivity contribution is -0.131. The monoisotopic (exact) mass is 283 g/mol. The molecule has 106 valence electrons. The molecule has 0 atom stereocenters. The maximum atomic E-state index is 12.2. The maximum absolute atomic E-state index is 12.2. The fourth-order valence-electron chi connectivity index (χ4n) is 1.70. The van der Waals surface area contributed by atoms with Gasteiger partial charge in [-0.25, -0.2) is 9.78 Å². The highest BCUT2D eigenvalue weighted by molar-refractivity contribution is 6.06. The molecular formula is C15H13N3O3. The molecule has 2 aromatic heterocycles. The molecule has 1 amide bonds. The number of aromatic nitrogens is 2. The lowest BCUT2D eigenvalue weighted by Gasteiger charge is -2.07. The first-order valence-corrected chi connectivity index (χ1v) is 6.16. The Balaban J connectivity index is 2.25. The largest absolute Gasteiger partial charge is 0.478 e. The van der Waals surface area contributed by atoms with Crippen molar-refractivity contribution >= 4 is 23.8 Å². The van der Waals surface area contributed by atoms with E-state index >= 15 is 0 Å². The van der Waals surface area contributed by atoms with Gasteiger partial charge in [-0.3, -0.25) is 9.78 Å². The van der Waals surface area contributed by atoms with E-state index in [2.05, 4.69) is 15.3 Å². The Kier molecular flexibility index (Phi) is 4.40. The number of anilines is 1. The highest BCUT2D eigenvalue weighted by Gasteiger charge is 2.10. The Morgan fingerprint density at radius 1 is 1.29 bits per heavy atom. The molecular weight excluding hydrogens is 270 g/mol. The molecule has 2 rings (SSSR count). The Hall–Kier alpha value is -3.02. The van der Waals surface area contributed by atoms with Crippen molar-refractivity contribution < 1.29 is 14.7 Å². The van der Waals surface area contributed by atoms with Crippen LogP contribution in [0.2, 0.25) is 0 Å². The molecule has 0 aliphatic heterocycles. The van der Waals surface area contributed by atoms with Gasteiger partial charge in [-0.15, -0.1) is 0 Å². The van der Waals surface area contributed by atoms with Crippen molar-refractivity contribution in [1.29, 1.82) is 0 Å². The summed E-state index contributed by atoms with van der Waals surface area (Å²) < 4.78 is 0. The summed E-state index contributed by atoms with van der Waals surface area (Å²) in [4.78, 5) is 30.9. The minimum atomic E-state index is -1.09. The van der Waals surface area contributed by atoms with Gasteiger partial charge in [0.25, 0.3) is 5.91 Å². The average Bonchev–Trinajstić information content (AvgIpc) is 2.45. The molecule has 0 aromatic carbocycles. The van der Waals surface area contributed by atoms with E-state index in [0.29, 0.717) is 16.9 Å². The van der Waals surface area contributed by atoms with Crippen molar-refractivity contribution in [2.24, 2.45) is 0 Å². The van der Waals surface area contributed by atoms with Gasteiger partial charge in [0, 0.05) is 29.7 Å². The van der Waals surface area contributed by atoms with Crippen LogP contribution in [-0.4, -0.2) is 27.0 Å². The van der Waals surface area contributed by atoms with Gasteiger partial charge in [0.1, 0.15) is 5.82 Å². The Morgan fingerprint density at radius 2 is 2.10 bits per heavy atom. The standard InChI is InChI=1S/C15H13N3O3/c1-10-3-2-4-13(17-10)18-15(21)12-7-8-16-9-11(12)5-6-14(19)20/h2-9H,1H3,(H,19,20)(H,17,18,21). The lowest BCUT2D eigenvalue weighted by atomic mass is 10.1. The van der Waals surface area contributed by atoms with Gasteiger partial charge in [0.05, 0.1) is 5.56 Å². The summed E-state index contributed by atoms with van der Waals surface area (Å²) in [6.07, 6.45) is 5.18. The van der Waals surface area contributed by atoms with Crippen LogP contribution in [0.5, 0.6) is 0 Å². The van der Waals surface area contributed by atoms with Crippen LogP contribution in [0.4, 0.5) is 5.82 Å². The number of amides is 1. The van der Waals surface area contributed by atoms with Crippen LogP contribution in [-0.2, 0) is 4.79 Å². The molecule has 6 nitrogen and oxygen atoms in total. The number of nitrogens with one attached hydrogen (secondary N) is 1. The zero-order valence-electron chi connectivity index (χ0n) is 11.3. The van der Waals surface area contributed by atoms with Gasteiger partial charge in [0.15, 0.2) is 0 Å². The fourth-order valence-corrected chi connectivity index (χ4v) is 1.70. The molecule has 0 radical (unpaired) electrons. The number of pyridine rings is 2. The number of carbonyl (C=O) groups excluding carboxylic acids is 1. The van der Waals surface area contributed by atoms with Crippen molar-refractivity contribution in [2.75, 3.05) is 5.32 Å². The van der Waals surface area contributed by atoms with Gasteiger partial charge >= 0.3 is 5.97 Å². The van der Waals surface area contributed by atoms with Crippen molar-refractivity contribution in [3.05, 3.63) is 59.6 Å². The number of nitrogens with zero attached hydrogens (tertiary/aromatic N) is 2. The van der Waals surface area contributed by atoms with Crippen LogP contribution in [0.1, 0.15) is 21.6 Å². The smallest absolute Gasteiger partial charge is 0.328 e. The number of hydrogen-bond donors (Lipinski definition) is 2. The lowest BCUT2D eigenvalue weighted by Crippen LogP contribution is -2.14. The second-order valence-electron chi connectivity index (χ2n) is 4.25. The highest BCUT2D eigenvalue weighted by Crippen LogP contribution is 2.12. The molecule has 0 aliphatic carbocycles. The van der Waals surface area contributed by atoms with Gasteiger partial charge < -0.3 is 10.4 Å². The summed E-state index contributed by atoms with van der Waals surface area (Å²) in [5.74, 6) is -1.03. The maximum Gasteiger partial charge on any atom is 0.328 e. The minimum Gasteiger partial charge on any atom is -0.478 e. The number of carboxylic acid groups (broad SMARTS) is 1. The van der Waals surface area contributed by atoms with Crippen LogP contribution >= 0.6 is 0 Å². The number of rotatable bonds is 4. The third-order valence-electron chi connectivity index (χ3n) is 2.63. The van der Waals surface area contributed by atoms with Gasteiger partial charge in [-0.2, -0.15) is 0 Å². The van der Waals surface area contributed by atoms with E-state index in [1.54, 1.807) is 12.1 Å². The third kappa shape index (κ3) is 3.97. The molecule has 0 spiro atoms. The Bertz CT molecular complexity index is 711. The van der Waals surface area contributed by atoms with Crippen molar-refractivity contribution in [1.82, 2.24) is 9.97 Å². The van der Waals surface area contributed by atoms with Crippen LogP contribution in [0.15, 0.2) is 42.7 Å². The minimum absolute atomic E-state index is 0.325. The zero-order valence-corrected chi connectivity index (χ0v) is 11.3. The predicted octanol–water partition coefficient (Wildman–Crippen LogP) is 2.14. The second-order valence-corrected chi connectivity index (χ2v) is 4.25. The molecule has 2 N–H and O–H groups in total. The molecule has 0 unspecified atom stereocenters. The van der Waals surface area contributed by atoms with Gasteiger partial charge in [-0.05, 0) is 31.2 Å². The van der Waals surface area contributed by atoms with Crippen molar-refractivity contribution in [3.63, 3.8) is 0 Å². The first-order chi connectivity index (χ1) is 10.1. The van der Waals surface area contributed by atoms with E-state index in [-0.39, 0.29) is 5.91 Å². The van der Waals surface area contributed by atoms with E-state index < -0.39 is 5.97 Å². The van der Waals surface area contributed by atoms with E-state index in [4.69, 9.17) is 5.11 Å². The summed E-state index contributed by atoms with van der Waals surface area (Å²) in [7, 11) is 0. The summed E-state index contributed by atoms with van der Waals surface area (Å²) >= 11 is 0. The second kappa shape index (κ2) is 6.42. The van der Waals surface area contributed by atoms with E-state index in [1.165, 1.54) is 24.5 Å². The third-order valence-corrected chi connectivity index (χ3v) is 2.63. The first-order valence-electron chi connectivity index (χ1n) is 6.16. The molecule has 0 saturated carbocycles. The van der Waals surface area contributed by atoms with Crippen LogP contribution in [0.3, 0.4) is 0 Å². The molecule has 2 aromatic rings. The number of carboxylic acids is 1. The normalized spacial score (nSPS) is 10.5.